The molecular weight excluding hydrogens is 226 g/mol. The lowest BCUT2D eigenvalue weighted by molar-refractivity contribution is 0.544. The quantitative estimate of drug-likeness (QED) is 0.754. The summed E-state index contributed by atoms with van der Waals surface area (Å²) in [6.45, 7) is 4.17. The molecule has 1 aliphatic carbocycles. The molecule has 0 saturated carbocycles. The van der Waals surface area contributed by atoms with E-state index in [0.29, 0.717) is 17.2 Å². The first-order valence-electron chi connectivity index (χ1n) is 5.76. The van der Waals surface area contributed by atoms with Gasteiger partial charge in [0.1, 0.15) is 5.76 Å². The van der Waals surface area contributed by atoms with E-state index >= 15 is 0 Å². The summed E-state index contributed by atoms with van der Waals surface area (Å²) in [7, 11) is 0. The standard InChI is InChI=1S/C15H13NO2/c1-10(2)11-5-3-7-14-13(9-11)12(6-4-8-16)15(17)18-14/h3-7,9-10H,1-2H3/b6-4+. The predicted molar refractivity (Wildman–Crippen MR) is 70.3 cm³/mol. The topological polar surface area (TPSA) is 54.0 Å². The van der Waals surface area contributed by atoms with Crippen LogP contribution in [0.5, 0.6) is 0 Å². The van der Waals surface area contributed by atoms with Crippen molar-refractivity contribution in [3.05, 3.63) is 51.9 Å². The molecule has 0 aromatic rings. The van der Waals surface area contributed by atoms with Crippen LogP contribution in [0.3, 0.4) is 0 Å². The number of hydrogen-bond acceptors (Lipinski definition) is 3. The lowest BCUT2D eigenvalue weighted by atomic mass is 10.0. The summed E-state index contributed by atoms with van der Waals surface area (Å²) in [6.07, 6.45) is 2.78. The predicted octanol–water partition coefficient (Wildman–Crippen LogP) is 3.40. The molecule has 0 aromatic carbocycles. The normalized spacial score (nSPS) is 11.2. The smallest absolute Gasteiger partial charge is 0.344 e. The SMILES string of the molecule is CC(C)c1cccc2oc(=O)c(/C=C/C#N)c-2c1. The number of furan rings is 1. The number of nitrogens with zero attached hydrogens (tertiary/aromatic N) is 1. The Hall–Kier alpha value is -2.34. The van der Waals surface area contributed by atoms with E-state index in [0.717, 1.165) is 11.1 Å². The molecule has 2 aliphatic rings. The van der Waals surface area contributed by atoms with Crippen LogP contribution >= 0.6 is 0 Å². The first-order chi connectivity index (χ1) is 8.63. The van der Waals surface area contributed by atoms with Crippen molar-refractivity contribution in [3.63, 3.8) is 0 Å². The lowest BCUT2D eigenvalue weighted by Crippen LogP contribution is -1.95. The molecule has 3 heteroatoms. The molecule has 0 N–H and O–H groups in total. The van der Waals surface area contributed by atoms with Gasteiger partial charge in [0, 0.05) is 11.6 Å². The maximum absolute atomic E-state index is 11.7. The van der Waals surface area contributed by atoms with Crippen LogP contribution in [0.1, 0.15) is 30.9 Å². The summed E-state index contributed by atoms with van der Waals surface area (Å²) >= 11 is 0. The Morgan fingerprint density at radius 3 is 2.83 bits per heavy atom. The molecular formula is C15H13NO2. The fraction of sp³-hybridized carbons (Fsp3) is 0.200. The number of rotatable bonds is 2. The van der Waals surface area contributed by atoms with Gasteiger partial charge in [0.05, 0.1) is 11.6 Å². The van der Waals surface area contributed by atoms with Gasteiger partial charge in [-0.05, 0) is 29.7 Å². The van der Waals surface area contributed by atoms with Crippen molar-refractivity contribution >= 4 is 6.08 Å². The lowest BCUT2D eigenvalue weighted by Gasteiger charge is -2.01. The van der Waals surface area contributed by atoms with Crippen molar-refractivity contribution in [2.24, 2.45) is 0 Å². The van der Waals surface area contributed by atoms with Crippen molar-refractivity contribution in [1.29, 1.82) is 5.26 Å². The van der Waals surface area contributed by atoms with Crippen molar-refractivity contribution < 1.29 is 4.42 Å². The van der Waals surface area contributed by atoms with Crippen molar-refractivity contribution in [1.82, 2.24) is 0 Å². The maximum atomic E-state index is 11.7. The highest BCUT2D eigenvalue weighted by atomic mass is 16.4. The van der Waals surface area contributed by atoms with Gasteiger partial charge in [-0.15, -0.1) is 0 Å². The molecule has 0 amide bonds. The first-order valence-corrected chi connectivity index (χ1v) is 5.76. The summed E-state index contributed by atoms with van der Waals surface area (Å²) < 4.78 is 5.17. The van der Waals surface area contributed by atoms with E-state index < -0.39 is 5.63 Å². The van der Waals surface area contributed by atoms with Gasteiger partial charge in [0.15, 0.2) is 0 Å². The molecule has 0 spiro atoms. The van der Waals surface area contributed by atoms with Gasteiger partial charge in [0.2, 0.25) is 0 Å². The fourth-order valence-corrected chi connectivity index (χ4v) is 1.82. The van der Waals surface area contributed by atoms with E-state index in [1.54, 1.807) is 6.07 Å². The molecule has 0 unspecified atom stereocenters. The third kappa shape index (κ3) is 2.18. The molecule has 0 radical (unpaired) electrons. The zero-order valence-corrected chi connectivity index (χ0v) is 10.3. The molecule has 0 saturated heterocycles. The summed E-state index contributed by atoms with van der Waals surface area (Å²) in [5.74, 6) is 0.905. The largest absolute Gasteiger partial charge is 0.422 e. The van der Waals surface area contributed by atoms with Crippen molar-refractivity contribution in [2.75, 3.05) is 0 Å². The average Bonchev–Trinajstić information content (AvgIpc) is 2.51. The van der Waals surface area contributed by atoms with E-state index in [9.17, 15) is 4.79 Å². The van der Waals surface area contributed by atoms with Crippen LogP contribution in [0.4, 0.5) is 0 Å². The van der Waals surface area contributed by atoms with E-state index in [4.69, 9.17) is 9.68 Å². The average molecular weight is 239 g/mol. The van der Waals surface area contributed by atoms with Gasteiger partial charge in [-0.3, -0.25) is 0 Å². The van der Waals surface area contributed by atoms with Crippen LogP contribution in [0.25, 0.3) is 17.4 Å². The monoisotopic (exact) mass is 239 g/mol. The molecule has 0 bridgehead atoms. The van der Waals surface area contributed by atoms with Crippen LogP contribution in [0.2, 0.25) is 0 Å². The van der Waals surface area contributed by atoms with Gasteiger partial charge < -0.3 is 4.42 Å². The highest BCUT2D eigenvalue weighted by Gasteiger charge is 2.15. The second-order valence-electron chi connectivity index (χ2n) is 4.37. The molecule has 90 valence electrons. The second kappa shape index (κ2) is 4.89. The zero-order chi connectivity index (χ0) is 13.1. The Morgan fingerprint density at radius 2 is 2.17 bits per heavy atom. The minimum atomic E-state index is -0.405. The molecule has 1 heterocycles. The minimum absolute atomic E-state index is 0.360. The maximum Gasteiger partial charge on any atom is 0.344 e. The van der Waals surface area contributed by atoms with E-state index in [-0.39, 0.29) is 0 Å². The van der Waals surface area contributed by atoms with Crippen LogP contribution in [0, 0.1) is 11.3 Å². The van der Waals surface area contributed by atoms with Crippen LogP contribution in [0.15, 0.2) is 39.6 Å². The summed E-state index contributed by atoms with van der Waals surface area (Å²) in [5, 5.41) is 8.55. The van der Waals surface area contributed by atoms with Gasteiger partial charge in [-0.2, -0.15) is 5.26 Å². The number of hydrogen-bond donors (Lipinski definition) is 0. The third-order valence-corrected chi connectivity index (χ3v) is 2.82. The molecule has 0 aromatic heterocycles. The summed E-state index contributed by atoms with van der Waals surface area (Å²) in [5.41, 5.74) is 1.90. The molecule has 18 heavy (non-hydrogen) atoms. The fourth-order valence-electron chi connectivity index (χ4n) is 1.82. The molecule has 0 fully saturated rings. The first kappa shape index (κ1) is 12.1. The number of fused-ring (bicyclic) bond motifs is 1. The zero-order valence-electron chi connectivity index (χ0n) is 10.3. The Morgan fingerprint density at radius 1 is 1.39 bits per heavy atom. The van der Waals surface area contributed by atoms with Crippen LogP contribution in [-0.4, -0.2) is 0 Å². The molecule has 0 atom stereocenters. The highest BCUT2D eigenvalue weighted by Crippen LogP contribution is 2.27. The van der Waals surface area contributed by atoms with Crippen molar-refractivity contribution in [3.8, 4) is 17.4 Å². The Kier molecular flexibility index (Phi) is 3.29. The second-order valence-corrected chi connectivity index (χ2v) is 4.37. The highest BCUT2D eigenvalue weighted by molar-refractivity contribution is 5.73. The van der Waals surface area contributed by atoms with Gasteiger partial charge in [0.25, 0.3) is 0 Å². The minimum Gasteiger partial charge on any atom is -0.422 e. The third-order valence-electron chi connectivity index (χ3n) is 2.82. The summed E-state index contributed by atoms with van der Waals surface area (Å²) in [6, 6.07) is 9.47. The van der Waals surface area contributed by atoms with Gasteiger partial charge in [-0.1, -0.05) is 26.0 Å². The van der Waals surface area contributed by atoms with E-state index in [2.05, 4.69) is 13.8 Å². The van der Waals surface area contributed by atoms with Crippen LogP contribution in [-0.2, 0) is 0 Å². The van der Waals surface area contributed by atoms with E-state index in [1.807, 2.05) is 24.3 Å². The number of nitriles is 1. The van der Waals surface area contributed by atoms with Crippen molar-refractivity contribution in [2.45, 2.75) is 19.8 Å². The Labute approximate surface area is 105 Å². The van der Waals surface area contributed by atoms with E-state index in [1.165, 1.54) is 12.2 Å². The molecule has 2 rings (SSSR count). The number of allylic oxidation sites excluding steroid dienone is 1. The Balaban J connectivity index is 2.71. The Bertz CT molecular complexity index is 659. The molecule has 1 aliphatic heterocycles. The van der Waals surface area contributed by atoms with Gasteiger partial charge >= 0.3 is 5.63 Å². The molecule has 3 nitrogen and oxygen atoms in total. The van der Waals surface area contributed by atoms with Gasteiger partial charge in [-0.25, -0.2) is 4.79 Å². The summed E-state index contributed by atoms with van der Waals surface area (Å²) in [4.78, 5) is 11.7. The van der Waals surface area contributed by atoms with Crippen LogP contribution < -0.4 is 5.63 Å².